The van der Waals surface area contributed by atoms with Gasteiger partial charge in [0.2, 0.25) is 0 Å². The van der Waals surface area contributed by atoms with Crippen molar-refractivity contribution in [3.8, 4) is 0 Å². The van der Waals surface area contributed by atoms with Gasteiger partial charge in [0.1, 0.15) is 6.04 Å². The van der Waals surface area contributed by atoms with E-state index in [1.807, 2.05) is 24.3 Å². The summed E-state index contributed by atoms with van der Waals surface area (Å²) in [7, 11) is 1.37. The van der Waals surface area contributed by atoms with Gasteiger partial charge in [0.25, 0.3) is 0 Å². The third-order valence-electron chi connectivity index (χ3n) is 3.24. The van der Waals surface area contributed by atoms with E-state index >= 15 is 0 Å². The Kier molecular flexibility index (Phi) is 3.04. The molecule has 0 radical (unpaired) electrons. The van der Waals surface area contributed by atoms with E-state index in [0.29, 0.717) is 0 Å². The number of carbonyl (C=O) groups is 1. The lowest BCUT2D eigenvalue weighted by Crippen LogP contribution is -2.42. The van der Waals surface area contributed by atoms with Crippen molar-refractivity contribution in [1.29, 1.82) is 0 Å². The number of hydrogen-bond donors (Lipinski definition) is 1. The molecular formula is C12H14BrNO2. The van der Waals surface area contributed by atoms with Crippen LogP contribution in [0, 0.1) is 0 Å². The smallest absolute Gasteiger partial charge is 0.323 e. The monoisotopic (exact) mass is 283 g/mol. The summed E-state index contributed by atoms with van der Waals surface area (Å²) in [6, 6.07) is 7.40. The van der Waals surface area contributed by atoms with Gasteiger partial charge in [-0.15, -0.1) is 0 Å². The minimum Gasteiger partial charge on any atom is -0.468 e. The van der Waals surface area contributed by atoms with Crippen LogP contribution in [-0.4, -0.2) is 19.1 Å². The zero-order valence-electron chi connectivity index (χ0n) is 9.07. The Labute approximate surface area is 103 Å². The Morgan fingerprint density at radius 3 is 2.75 bits per heavy atom. The van der Waals surface area contributed by atoms with Gasteiger partial charge < -0.3 is 10.5 Å². The second-order valence-electron chi connectivity index (χ2n) is 4.17. The maximum absolute atomic E-state index is 11.5. The lowest BCUT2D eigenvalue weighted by atomic mass is 9.88. The maximum atomic E-state index is 11.5. The number of carbonyl (C=O) groups excluding carboxylic acids is 1. The molecule has 1 unspecified atom stereocenters. The average Bonchev–Trinajstić information content (AvgIpc) is 3.08. The average molecular weight is 284 g/mol. The predicted octanol–water partition coefficient (Wildman–Crippen LogP) is 1.98. The highest BCUT2D eigenvalue weighted by molar-refractivity contribution is 9.10. The van der Waals surface area contributed by atoms with Gasteiger partial charge in [-0.25, -0.2) is 0 Å². The molecule has 0 amide bonds. The summed E-state index contributed by atoms with van der Waals surface area (Å²) in [4.78, 5) is 11.5. The van der Waals surface area contributed by atoms with Crippen molar-refractivity contribution in [2.45, 2.75) is 24.3 Å². The van der Waals surface area contributed by atoms with E-state index in [2.05, 4.69) is 15.9 Å². The summed E-state index contributed by atoms with van der Waals surface area (Å²) in [6.07, 6.45) is 1.89. The molecule has 1 aromatic rings. The second kappa shape index (κ2) is 4.18. The van der Waals surface area contributed by atoms with Crippen LogP contribution in [0.5, 0.6) is 0 Å². The van der Waals surface area contributed by atoms with Crippen LogP contribution in [0.2, 0.25) is 0 Å². The molecule has 2 N–H and O–H groups in total. The minimum absolute atomic E-state index is 0.211. The fraction of sp³-hybridized carbons (Fsp3) is 0.417. The number of esters is 1. The van der Waals surface area contributed by atoms with Gasteiger partial charge in [0.15, 0.2) is 0 Å². The number of methoxy groups -OCH3 is 1. The highest BCUT2D eigenvalue weighted by Crippen LogP contribution is 2.50. The molecule has 4 heteroatoms. The van der Waals surface area contributed by atoms with Gasteiger partial charge in [-0.3, -0.25) is 4.79 Å². The fourth-order valence-corrected chi connectivity index (χ4v) is 2.46. The molecule has 0 spiro atoms. The Hall–Kier alpha value is -0.870. The molecule has 1 fully saturated rings. The number of nitrogens with two attached hydrogens (primary N) is 1. The molecule has 1 aliphatic carbocycles. The summed E-state index contributed by atoms with van der Waals surface area (Å²) >= 11 is 3.43. The molecule has 0 bridgehead atoms. The zero-order chi connectivity index (χ0) is 11.8. The summed E-state index contributed by atoms with van der Waals surface area (Å²) in [6.45, 7) is 0. The molecule has 1 atom stereocenters. The summed E-state index contributed by atoms with van der Waals surface area (Å²) < 4.78 is 5.72. The van der Waals surface area contributed by atoms with Crippen LogP contribution >= 0.6 is 15.9 Å². The Morgan fingerprint density at radius 1 is 1.56 bits per heavy atom. The van der Waals surface area contributed by atoms with E-state index in [1.165, 1.54) is 7.11 Å². The molecule has 2 rings (SSSR count). The molecule has 0 saturated heterocycles. The van der Waals surface area contributed by atoms with E-state index in [4.69, 9.17) is 10.5 Å². The van der Waals surface area contributed by atoms with Crippen LogP contribution in [0.25, 0.3) is 0 Å². The zero-order valence-corrected chi connectivity index (χ0v) is 10.7. The highest BCUT2D eigenvalue weighted by atomic mass is 79.9. The van der Waals surface area contributed by atoms with Crippen molar-refractivity contribution in [1.82, 2.24) is 0 Å². The molecule has 0 aliphatic heterocycles. The van der Waals surface area contributed by atoms with E-state index in [-0.39, 0.29) is 11.4 Å². The van der Waals surface area contributed by atoms with Crippen molar-refractivity contribution in [3.63, 3.8) is 0 Å². The number of hydrogen-bond acceptors (Lipinski definition) is 3. The van der Waals surface area contributed by atoms with Gasteiger partial charge in [0.05, 0.1) is 7.11 Å². The van der Waals surface area contributed by atoms with Crippen molar-refractivity contribution < 1.29 is 9.53 Å². The molecule has 16 heavy (non-hydrogen) atoms. The molecule has 0 heterocycles. The van der Waals surface area contributed by atoms with Crippen LogP contribution in [-0.2, 0) is 14.9 Å². The molecular weight excluding hydrogens is 270 g/mol. The number of halogens is 1. The lowest BCUT2D eigenvalue weighted by Gasteiger charge is -2.21. The van der Waals surface area contributed by atoms with Crippen molar-refractivity contribution in [2.24, 2.45) is 5.73 Å². The second-order valence-corrected chi connectivity index (χ2v) is 5.08. The van der Waals surface area contributed by atoms with Crippen LogP contribution in [0.1, 0.15) is 18.4 Å². The first-order chi connectivity index (χ1) is 7.60. The number of ether oxygens (including phenoxy) is 1. The minimum atomic E-state index is -0.563. The Balaban J connectivity index is 2.29. The van der Waals surface area contributed by atoms with Crippen molar-refractivity contribution in [3.05, 3.63) is 34.3 Å². The first-order valence-electron chi connectivity index (χ1n) is 5.19. The van der Waals surface area contributed by atoms with Crippen LogP contribution in [0.3, 0.4) is 0 Å². The SMILES string of the molecule is COC(=O)C(N)C1(c2cccc(Br)c2)CC1. The number of benzene rings is 1. The summed E-state index contributed by atoms with van der Waals surface area (Å²) in [5.74, 6) is -0.336. The Morgan fingerprint density at radius 2 is 2.25 bits per heavy atom. The molecule has 3 nitrogen and oxygen atoms in total. The third kappa shape index (κ3) is 1.87. The fourth-order valence-electron chi connectivity index (χ4n) is 2.06. The van der Waals surface area contributed by atoms with E-state index in [1.54, 1.807) is 0 Å². The predicted molar refractivity (Wildman–Crippen MR) is 65.0 cm³/mol. The van der Waals surface area contributed by atoms with Gasteiger partial charge in [0, 0.05) is 9.89 Å². The Bertz CT molecular complexity index is 415. The third-order valence-corrected chi connectivity index (χ3v) is 3.73. The van der Waals surface area contributed by atoms with Gasteiger partial charge >= 0.3 is 5.97 Å². The van der Waals surface area contributed by atoms with E-state index in [0.717, 1.165) is 22.9 Å². The highest BCUT2D eigenvalue weighted by Gasteiger charge is 2.52. The first kappa shape index (κ1) is 11.6. The van der Waals surface area contributed by atoms with Gasteiger partial charge in [-0.1, -0.05) is 28.1 Å². The quantitative estimate of drug-likeness (QED) is 0.863. The standard InChI is InChI=1S/C12H14BrNO2/c1-16-11(15)10(14)12(5-6-12)8-3-2-4-9(13)7-8/h2-4,7,10H,5-6,14H2,1H3. The van der Waals surface area contributed by atoms with Crippen molar-refractivity contribution >= 4 is 21.9 Å². The number of rotatable bonds is 3. The van der Waals surface area contributed by atoms with Gasteiger partial charge in [-0.2, -0.15) is 0 Å². The molecule has 1 aliphatic rings. The van der Waals surface area contributed by atoms with E-state index < -0.39 is 6.04 Å². The molecule has 86 valence electrons. The van der Waals surface area contributed by atoms with Crippen molar-refractivity contribution in [2.75, 3.05) is 7.11 Å². The largest absolute Gasteiger partial charge is 0.468 e. The summed E-state index contributed by atoms with van der Waals surface area (Å²) in [5, 5.41) is 0. The van der Waals surface area contributed by atoms with Gasteiger partial charge in [-0.05, 0) is 30.5 Å². The lowest BCUT2D eigenvalue weighted by molar-refractivity contribution is -0.143. The normalized spacial score (nSPS) is 18.9. The molecule has 1 saturated carbocycles. The molecule has 1 aromatic carbocycles. The first-order valence-corrected chi connectivity index (χ1v) is 5.99. The summed E-state index contributed by atoms with van der Waals surface area (Å²) in [5.41, 5.74) is 6.86. The van der Waals surface area contributed by atoms with Crippen LogP contribution in [0.15, 0.2) is 28.7 Å². The maximum Gasteiger partial charge on any atom is 0.323 e. The van der Waals surface area contributed by atoms with Crippen LogP contribution < -0.4 is 5.73 Å². The van der Waals surface area contributed by atoms with Crippen LogP contribution in [0.4, 0.5) is 0 Å². The van der Waals surface area contributed by atoms with E-state index in [9.17, 15) is 4.79 Å². The topological polar surface area (TPSA) is 52.3 Å². The molecule has 0 aromatic heterocycles.